The normalized spacial score (nSPS) is 11.9. The number of fused-ring (bicyclic) bond motifs is 2. The zero-order valence-corrected chi connectivity index (χ0v) is 16.0. The third-order valence-electron chi connectivity index (χ3n) is 4.69. The molecular formula is C20H11BrO7. The quantitative estimate of drug-likeness (QED) is 0.194. The molecule has 2 heterocycles. The van der Waals surface area contributed by atoms with Crippen molar-refractivity contribution < 1.29 is 23.4 Å². The van der Waals surface area contributed by atoms with E-state index in [1.165, 1.54) is 7.11 Å². The third kappa shape index (κ3) is 2.18. The molecule has 8 heteroatoms. The molecule has 0 saturated carbocycles. The molecule has 0 bridgehead atoms. The number of ether oxygens (including phenoxy) is 2. The topological polar surface area (TPSA) is 99.1 Å². The summed E-state index contributed by atoms with van der Waals surface area (Å²) in [6.45, 7) is -0.0405. The SMILES string of the molecule is COCOc1cccc2c(O)c3c(=O)oc4cc(Br)cc5c(=O)oc(c12)c3c45. The Labute approximate surface area is 164 Å². The lowest BCUT2D eigenvalue weighted by atomic mass is 9.97. The van der Waals surface area contributed by atoms with Crippen LogP contribution in [0.15, 0.2) is 53.2 Å². The Hall–Kier alpha value is -3.10. The van der Waals surface area contributed by atoms with E-state index in [0.29, 0.717) is 31.8 Å². The highest BCUT2D eigenvalue weighted by Crippen LogP contribution is 2.44. The lowest BCUT2D eigenvalue weighted by Crippen LogP contribution is -2.08. The molecule has 2 aromatic heterocycles. The van der Waals surface area contributed by atoms with E-state index < -0.39 is 11.3 Å². The minimum Gasteiger partial charge on any atom is -0.506 e. The molecule has 0 aliphatic rings. The van der Waals surface area contributed by atoms with E-state index in [4.69, 9.17) is 18.3 Å². The third-order valence-corrected chi connectivity index (χ3v) is 5.15. The second-order valence-electron chi connectivity index (χ2n) is 6.26. The van der Waals surface area contributed by atoms with Gasteiger partial charge in [0, 0.05) is 27.7 Å². The van der Waals surface area contributed by atoms with E-state index >= 15 is 0 Å². The Kier molecular flexibility index (Phi) is 3.62. The summed E-state index contributed by atoms with van der Waals surface area (Å²) in [6, 6.07) is 8.10. The molecule has 7 nitrogen and oxygen atoms in total. The van der Waals surface area contributed by atoms with Crippen molar-refractivity contribution in [3.05, 3.63) is 55.6 Å². The summed E-state index contributed by atoms with van der Waals surface area (Å²) in [4.78, 5) is 25.4. The number of rotatable bonds is 3. The standard InChI is InChI=1S/C20H11BrO7/c1-25-7-26-11-4-2-3-9-14(11)18-15-13-10(19(23)28-18)5-8(21)6-12(13)27-20(24)16(15)17(9)22/h2-6,22H,7H2,1H3. The van der Waals surface area contributed by atoms with E-state index in [-0.39, 0.29) is 34.5 Å². The van der Waals surface area contributed by atoms with Gasteiger partial charge in [0.15, 0.2) is 12.4 Å². The van der Waals surface area contributed by atoms with Crippen LogP contribution < -0.4 is 16.0 Å². The van der Waals surface area contributed by atoms with Crippen LogP contribution in [-0.2, 0) is 4.74 Å². The first-order valence-corrected chi connectivity index (χ1v) is 9.02. The lowest BCUT2D eigenvalue weighted by Gasteiger charge is -2.14. The number of hydrogen-bond donors (Lipinski definition) is 1. The zero-order valence-electron chi connectivity index (χ0n) is 14.4. The van der Waals surface area contributed by atoms with Gasteiger partial charge in [-0.25, -0.2) is 9.59 Å². The molecule has 0 fully saturated rings. The summed E-state index contributed by atoms with van der Waals surface area (Å²) in [5.41, 5.74) is -0.961. The summed E-state index contributed by atoms with van der Waals surface area (Å²) in [7, 11) is 1.48. The van der Waals surface area contributed by atoms with E-state index in [1.54, 1.807) is 30.3 Å². The molecule has 0 spiro atoms. The predicted octanol–water partition coefficient (Wildman–Crippen LogP) is 4.09. The molecule has 5 aromatic rings. The Morgan fingerprint density at radius 3 is 2.61 bits per heavy atom. The lowest BCUT2D eigenvalue weighted by molar-refractivity contribution is 0.0522. The molecule has 140 valence electrons. The zero-order chi connectivity index (χ0) is 19.6. The van der Waals surface area contributed by atoms with Crippen molar-refractivity contribution in [1.29, 1.82) is 0 Å². The number of phenolic OH excluding ortho intramolecular Hbond substituents is 1. The van der Waals surface area contributed by atoms with Gasteiger partial charge < -0.3 is 23.4 Å². The van der Waals surface area contributed by atoms with Crippen LogP contribution in [-0.4, -0.2) is 19.0 Å². The van der Waals surface area contributed by atoms with Crippen LogP contribution in [0.2, 0.25) is 0 Å². The highest BCUT2D eigenvalue weighted by Gasteiger charge is 2.25. The fourth-order valence-electron chi connectivity index (χ4n) is 3.62. The van der Waals surface area contributed by atoms with Crippen LogP contribution >= 0.6 is 15.9 Å². The number of benzene rings is 3. The van der Waals surface area contributed by atoms with Gasteiger partial charge >= 0.3 is 11.3 Å². The second-order valence-corrected chi connectivity index (χ2v) is 7.18. The largest absolute Gasteiger partial charge is 0.506 e. The number of phenols is 1. The molecule has 0 aliphatic heterocycles. The van der Waals surface area contributed by atoms with Gasteiger partial charge in [-0.1, -0.05) is 28.1 Å². The summed E-state index contributed by atoms with van der Waals surface area (Å²) >= 11 is 3.30. The molecule has 3 aromatic carbocycles. The monoisotopic (exact) mass is 442 g/mol. The summed E-state index contributed by atoms with van der Waals surface area (Å²) in [5, 5.41) is 12.4. The first kappa shape index (κ1) is 17.0. The molecule has 0 atom stereocenters. The minimum absolute atomic E-state index is 0.0405. The maximum Gasteiger partial charge on any atom is 0.348 e. The predicted molar refractivity (Wildman–Crippen MR) is 107 cm³/mol. The molecule has 28 heavy (non-hydrogen) atoms. The highest BCUT2D eigenvalue weighted by molar-refractivity contribution is 9.10. The highest BCUT2D eigenvalue weighted by atomic mass is 79.9. The van der Waals surface area contributed by atoms with Crippen molar-refractivity contribution in [1.82, 2.24) is 0 Å². The van der Waals surface area contributed by atoms with Gasteiger partial charge in [-0.3, -0.25) is 0 Å². The Bertz CT molecular complexity index is 1510. The van der Waals surface area contributed by atoms with E-state index in [2.05, 4.69) is 15.9 Å². The molecule has 0 amide bonds. The minimum atomic E-state index is -0.728. The van der Waals surface area contributed by atoms with E-state index in [9.17, 15) is 14.7 Å². The second kappa shape index (κ2) is 5.95. The van der Waals surface area contributed by atoms with Crippen LogP contribution in [0.3, 0.4) is 0 Å². The number of aromatic hydroxyl groups is 1. The van der Waals surface area contributed by atoms with Gasteiger partial charge in [0.2, 0.25) is 0 Å². The van der Waals surface area contributed by atoms with Gasteiger partial charge in [-0.05, 0) is 18.2 Å². The number of methoxy groups -OCH3 is 1. The fraction of sp³-hybridized carbons (Fsp3) is 0.100. The molecule has 0 saturated heterocycles. The van der Waals surface area contributed by atoms with Crippen LogP contribution in [0.25, 0.3) is 43.5 Å². The van der Waals surface area contributed by atoms with Crippen LogP contribution in [0.5, 0.6) is 11.5 Å². The molecule has 5 rings (SSSR count). The number of hydrogen-bond acceptors (Lipinski definition) is 7. The Balaban J connectivity index is 2.15. The van der Waals surface area contributed by atoms with Crippen molar-refractivity contribution in [2.24, 2.45) is 0 Å². The summed E-state index contributed by atoms with van der Waals surface area (Å²) in [5.74, 6) is 0.0837. The molecule has 1 N–H and O–H groups in total. The van der Waals surface area contributed by atoms with Crippen molar-refractivity contribution >= 4 is 59.4 Å². The maximum absolute atomic E-state index is 12.7. The molecule has 0 unspecified atom stereocenters. The Morgan fingerprint density at radius 1 is 1.00 bits per heavy atom. The van der Waals surface area contributed by atoms with E-state index in [0.717, 1.165) is 0 Å². The molecule has 0 radical (unpaired) electrons. The van der Waals surface area contributed by atoms with Crippen LogP contribution in [0.4, 0.5) is 0 Å². The van der Waals surface area contributed by atoms with Gasteiger partial charge in [-0.15, -0.1) is 0 Å². The van der Waals surface area contributed by atoms with Gasteiger partial charge in [0.25, 0.3) is 0 Å². The van der Waals surface area contributed by atoms with Gasteiger partial charge in [-0.2, -0.15) is 0 Å². The number of halogens is 1. The van der Waals surface area contributed by atoms with Crippen LogP contribution in [0.1, 0.15) is 0 Å². The summed E-state index contributed by atoms with van der Waals surface area (Å²) < 4.78 is 22.1. The Morgan fingerprint density at radius 2 is 1.82 bits per heavy atom. The van der Waals surface area contributed by atoms with Gasteiger partial charge in [0.1, 0.15) is 22.5 Å². The van der Waals surface area contributed by atoms with Crippen molar-refractivity contribution in [2.75, 3.05) is 13.9 Å². The van der Waals surface area contributed by atoms with E-state index in [1.807, 2.05) is 0 Å². The molecule has 0 aliphatic carbocycles. The van der Waals surface area contributed by atoms with Gasteiger partial charge in [0.05, 0.1) is 10.8 Å². The smallest absolute Gasteiger partial charge is 0.348 e. The first-order valence-electron chi connectivity index (χ1n) is 8.23. The van der Waals surface area contributed by atoms with Crippen molar-refractivity contribution in [3.63, 3.8) is 0 Å². The molecular weight excluding hydrogens is 432 g/mol. The average molecular weight is 443 g/mol. The van der Waals surface area contributed by atoms with Crippen LogP contribution in [0, 0.1) is 0 Å². The fourth-order valence-corrected chi connectivity index (χ4v) is 4.05. The van der Waals surface area contributed by atoms with Crippen molar-refractivity contribution in [2.45, 2.75) is 0 Å². The first-order chi connectivity index (χ1) is 13.5. The van der Waals surface area contributed by atoms with Crippen molar-refractivity contribution in [3.8, 4) is 11.5 Å². The summed E-state index contributed by atoms with van der Waals surface area (Å²) in [6.07, 6.45) is 0. The maximum atomic E-state index is 12.7. The average Bonchev–Trinajstić information content (AvgIpc) is 2.67.